The van der Waals surface area contributed by atoms with Crippen molar-refractivity contribution in [3.63, 3.8) is 0 Å². The number of carbonyl (C=O) groups is 1. The van der Waals surface area contributed by atoms with Crippen LogP contribution in [0.3, 0.4) is 0 Å². The summed E-state index contributed by atoms with van der Waals surface area (Å²) in [7, 11) is 0. The lowest BCUT2D eigenvalue weighted by atomic mass is 10.5. The van der Waals surface area contributed by atoms with Crippen molar-refractivity contribution in [1.82, 2.24) is 0 Å². The molecule has 1 unspecified atom stereocenters. The van der Waals surface area contributed by atoms with Crippen LogP contribution in [0.5, 0.6) is 0 Å². The fourth-order valence-electron chi connectivity index (χ4n) is 0.0772. The molecule has 1 nitrogen and oxygen atoms in total. The molecule has 1 atom stereocenters. The Balaban J connectivity index is 3.80. The number of halogens is 4. The minimum absolute atomic E-state index is 0.360. The van der Waals surface area contributed by atoms with E-state index in [1.807, 2.05) is 0 Å². The van der Waals surface area contributed by atoms with Gasteiger partial charge in [0, 0.05) is 0 Å². The molecule has 0 N–H and O–H groups in total. The van der Waals surface area contributed by atoms with E-state index in [4.69, 9.17) is 0 Å². The fourth-order valence-corrected chi connectivity index (χ4v) is 0.0772. The maximum Gasteiger partial charge on any atom is 0.411 e. The third-order valence-electron chi connectivity index (χ3n) is 0.432. The highest BCUT2D eigenvalue weighted by Gasteiger charge is 2.37. The van der Waals surface area contributed by atoms with Crippen LogP contribution in [0.4, 0.5) is 13.2 Å². The summed E-state index contributed by atoms with van der Waals surface area (Å²) in [4.78, 5) is 9.30. The highest BCUT2D eigenvalue weighted by molar-refractivity contribution is 6.28. The van der Waals surface area contributed by atoms with Crippen LogP contribution in [0, 0.1) is 0 Å². The summed E-state index contributed by atoms with van der Waals surface area (Å²) >= 11 is 4.45. The average Bonchev–Trinajstić information content (AvgIpc) is 1.62. The Hall–Kier alpha value is -0.250. The zero-order valence-corrected chi connectivity index (χ0v) is 4.33. The minimum Gasteiger partial charge on any atom is -0.301 e. The summed E-state index contributed by atoms with van der Waals surface area (Å²) in [6, 6.07) is 0. The predicted octanol–water partition coefficient (Wildman–Crippen LogP) is 1.35. The van der Waals surface area contributed by atoms with Crippen molar-refractivity contribution in [2.45, 2.75) is 11.6 Å². The lowest BCUT2D eigenvalue weighted by Crippen LogP contribution is -2.24. The number of hydrogen-bond acceptors (Lipinski definition) is 1. The van der Waals surface area contributed by atoms with E-state index in [9.17, 15) is 18.0 Å². The normalized spacial score (nSPS) is 15.5. The van der Waals surface area contributed by atoms with Gasteiger partial charge in [-0.25, -0.2) is 0 Å². The van der Waals surface area contributed by atoms with E-state index >= 15 is 0 Å². The molecule has 5 heteroatoms. The summed E-state index contributed by atoms with van der Waals surface area (Å²) in [5.41, 5.74) is 0. The van der Waals surface area contributed by atoms with Crippen molar-refractivity contribution < 1.29 is 18.0 Å². The van der Waals surface area contributed by atoms with Gasteiger partial charge in [0.15, 0.2) is 5.38 Å². The minimum atomic E-state index is -4.59. The molecule has 0 bridgehead atoms. The Bertz CT molecular complexity index is 89.0. The molecule has 0 saturated carbocycles. The molecule has 0 radical (unpaired) electrons. The molecule has 48 valence electrons. The summed E-state index contributed by atoms with van der Waals surface area (Å²) < 4.78 is 33.3. The molecule has 0 aliphatic rings. The van der Waals surface area contributed by atoms with Crippen molar-refractivity contribution in [3.8, 4) is 0 Å². The second-order valence-electron chi connectivity index (χ2n) is 1.08. The van der Waals surface area contributed by atoms with Crippen molar-refractivity contribution in [3.05, 3.63) is 0 Å². The molecule has 0 spiro atoms. The Morgan fingerprint density at radius 3 is 1.88 bits per heavy atom. The lowest BCUT2D eigenvalue weighted by Gasteiger charge is -2.04. The zero-order chi connectivity index (χ0) is 6.78. The van der Waals surface area contributed by atoms with Crippen LogP contribution >= 0.6 is 11.6 Å². The average molecular weight is 146 g/mol. The smallest absolute Gasteiger partial charge is 0.301 e. The van der Waals surface area contributed by atoms with Crippen LogP contribution in [0.25, 0.3) is 0 Å². The van der Waals surface area contributed by atoms with Gasteiger partial charge in [-0.3, -0.25) is 0 Å². The second-order valence-corrected chi connectivity index (χ2v) is 1.55. The van der Waals surface area contributed by atoms with Crippen LogP contribution < -0.4 is 0 Å². The molecule has 0 saturated heterocycles. The first-order chi connectivity index (χ1) is 3.48. The largest absolute Gasteiger partial charge is 0.411 e. The Kier molecular flexibility index (Phi) is 2.27. The van der Waals surface area contributed by atoms with Gasteiger partial charge in [-0.15, -0.1) is 11.6 Å². The summed E-state index contributed by atoms with van der Waals surface area (Å²) in [5.74, 6) is 0. The molecule has 0 rings (SSSR count). The van der Waals surface area contributed by atoms with E-state index in [1.165, 1.54) is 0 Å². The zero-order valence-electron chi connectivity index (χ0n) is 3.57. The summed E-state index contributed by atoms with van der Waals surface area (Å²) in [5, 5.41) is -2.36. The molecule has 0 amide bonds. The third-order valence-corrected chi connectivity index (χ3v) is 0.782. The van der Waals surface area contributed by atoms with E-state index in [1.54, 1.807) is 0 Å². The predicted molar refractivity (Wildman–Crippen MR) is 21.8 cm³/mol. The van der Waals surface area contributed by atoms with Gasteiger partial charge < -0.3 is 4.79 Å². The van der Waals surface area contributed by atoms with Crippen molar-refractivity contribution in [1.29, 1.82) is 0 Å². The molecule has 0 aromatic carbocycles. The van der Waals surface area contributed by atoms with Gasteiger partial charge in [-0.2, -0.15) is 13.2 Å². The number of alkyl halides is 4. The van der Waals surface area contributed by atoms with Gasteiger partial charge >= 0.3 is 6.18 Å². The van der Waals surface area contributed by atoms with Crippen molar-refractivity contribution in [2.75, 3.05) is 0 Å². The molecule has 0 heterocycles. The van der Waals surface area contributed by atoms with Crippen molar-refractivity contribution in [2.24, 2.45) is 0 Å². The van der Waals surface area contributed by atoms with Gasteiger partial charge in [-0.1, -0.05) is 0 Å². The maximum atomic E-state index is 11.1. The molecule has 0 fully saturated rings. The van der Waals surface area contributed by atoms with Crippen molar-refractivity contribution >= 4 is 17.9 Å². The van der Waals surface area contributed by atoms with E-state index < -0.39 is 11.6 Å². The van der Waals surface area contributed by atoms with Crippen LogP contribution in [-0.2, 0) is 4.79 Å². The fraction of sp³-hybridized carbons (Fsp3) is 0.667. The first-order valence-electron chi connectivity index (χ1n) is 1.64. The third kappa shape index (κ3) is 2.16. The first kappa shape index (κ1) is 7.75. The molecular weight excluding hydrogens is 144 g/mol. The molecule has 0 aliphatic heterocycles. The highest BCUT2D eigenvalue weighted by Crippen LogP contribution is 2.22. The first-order valence-corrected chi connectivity index (χ1v) is 2.08. The molecule has 0 aromatic heterocycles. The standard InChI is InChI=1S/C3H2ClF3O/c4-2(1-8)3(5,6)7/h1-2H. The Labute approximate surface area is 48.4 Å². The lowest BCUT2D eigenvalue weighted by molar-refractivity contribution is -0.141. The Morgan fingerprint density at radius 1 is 1.50 bits per heavy atom. The summed E-state index contributed by atoms with van der Waals surface area (Å²) in [6.07, 6.45) is -4.95. The van der Waals surface area contributed by atoms with Gasteiger partial charge in [0.1, 0.15) is 6.29 Å². The van der Waals surface area contributed by atoms with E-state index in [0.29, 0.717) is 0 Å². The second kappa shape index (κ2) is 2.35. The number of carbonyl (C=O) groups excluding carboxylic acids is 1. The van der Waals surface area contributed by atoms with Crippen LogP contribution in [0.15, 0.2) is 0 Å². The summed E-state index contributed by atoms with van der Waals surface area (Å²) in [6.45, 7) is 0. The molecule has 8 heavy (non-hydrogen) atoms. The van der Waals surface area contributed by atoms with Gasteiger partial charge in [0.2, 0.25) is 0 Å². The Morgan fingerprint density at radius 2 is 1.88 bits per heavy atom. The van der Waals surface area contributed by atoms with Crippen LogP contribution in [-0.4, -0.2) is 17.8 Å². The number of rotatable bonds is 1. The monoisotopic (exact) mass is 146 g/mol. The number of hydrogen-bond donors (Lipinski definition) is 0. The van der Waals surface area contributed by atoms with E-state index in [0.717, 1.165) is 0 Å². The van der Waals surface area contributed by atoms with E-state index in [-0.39, 0.29) is 6.29 Å². The number of aldehydes is 1. The van der Waals surface area contributed by atoms with Crippen LogP contribution in [0.1, 0.15) is 0 Å². The van der Waals surface area contributed by atoms with Crippen LogP contribution in [0.2, 0.25) is 0 Å². The molecule has 0 aliphatic carbocycles. The highest BCUT2D eigenvalue weighted by atomic mass is 35.5. The van der Waals surface area contributed by atoms with Gasteiger partial charge in [0.25, 0.3) is 0 Å². The molecule has 0 aromatic rings. The SMILES string of the molecule is O=CC(Cl)C(F)(F)F. The van der Waals surface area contributed by atoms with E-state index in [2.05, 4.69) is 11.6 Å². The quantitative estimate of drug-likeness (QED) is 0.403. The van der Waals surface area contributed by atoms with Gasteiger partial charge in [-0.05, 0) is 0 Å². The topological polar surface area (TPSA) is 17.1 Å². The maximum absolute atomic E-state index is 11.1. The molecular formula is C3H2ClF3O. The van der Waals surface area contributed by atoms with Gasteiger partial charge in [0.05, 0.1) is 0 Å².